The summed E-state index contributed by atoms with van der Waals surface area (Å²) in [6.45, 7) is 8.63. The number of ether oxygens (including phenoxy) is 2. The number of phenolic OH excluding ortho intramolecular Hbond substituents is 1. The number of halogens is 1. The SMILES string of the molecule is COCOc1ccc(Cc2cc(I)c(O)c(C)c2C)cc1C(C)C. The van der Waals surface area contributed by atoms with Gasteiger partial charge in [0.1, 0.15) is 11.5 Å². The maximum atomic E-state index is 10.1. The monoisotopic (exact) mass is 440 g/mol. The molecule has 4 heteroatoms. The first-order chi connectivity index (χ1) is 11.3. The van der Waals surface area contributed by atoms with Gasteiger partial charge in [0.15, 0.2) is 6.79 Å². The van der Waals surface area contributed by atoms with Gasteiger partial charge in [0, 0.05) is 7.11 Å². The first kappa shape index (κ1) is 19.1. The van der Waals surface area contributed by atoms with Crippen molar-refractivity contribution in [2.24, 2.45) is 0 Å². The zero-order valence-electron chi connectivity index (χ0n) is 14.9. The number of hydrogen-bond donors (Lipinski definition) is 1. The van der Waals surface area contributed by atoms with Crippen LogP contribution in [0.3, 0.4) is 0 Å². The van der Waals surface area contributed by atoms with Crippen molar-refractivity contribution in [2.75, 3.05) is 13.9 Å². The van der Waals surface area contributed by atoms with Crippen molar-refractivity contribution in [1.82, 2.24) is 0 Å². The minimum absolute atomic E-state index is 0.257. The highest BCUT2D eigenvalue weighted by Gasteiger charge is 2.13. The summed E-state index contributed by atoms with van der Waals surface area (Å²) in [5, 5.41) is 10.1. The maximum Gasteiger partial charge on any atom is 0.188 e. The summed E-state index contributed by atoms with van der Waals surface area (Å²) < 4.78 is 11.6. The van der Waals surface area contributed by atoms with Crippen LogP contribution in [0.25, 0.3) is 0 Å². The Morgan fingerprint density at radius 3 is 2.46 bits per heavy atom. The van der Waals surface area contributed by atoms with Crippen LogP contribution in [0.4, 0.5) is 0 Å². The van der Waals surface area contributed by atoms with Gasteiger partial charge in [-0.1, -0.05) is 26.0 Å². The third-order valence-electron chi connectivity index (χ3n) is 4.35. The standard InChI is InChI=1S/C20H25IO3/c1-12(2)17-9-15(6-7-19(17)24-11-23-5)8-16-10-18(21)20(22)14(4)13(16)3/h6-7,9-10,12,22H,8,11H2,1-5H3. The quantitative estimate of drug-likeness (QED) is 0.489. The molecule has 0 saturated carbocycles. The van der Waals surface area contributed by atoms with E-state index in [4.69, 9.17) is 9.47 Å². The molecule has 0 aliphatic heterocycles. The molecule has 0 radical (unpaired) electrons. The molecule has 24 heavy (non-hydrogen) atoms. The largest absolute Gasteiger partial charge is 0.507 e. The summed E-state index contributed by atoms with van der Waals surface area (Å²) in [6, 6.07) is 8.41. The Labute approximate surface area is 158 Å². The predicted octanol–water partition coefficient (Wildman–Crippen LogP) is 5.31. The van der Waals surface area contributed by atoms with Gasteiger partial charge in [-0.2, -0.15) is 0 Å². The topological polar surface area (TPSA) is 38.7 Å². The molecule has 0 bridgehead atoms. The van der Waals surface area contributed by atoms with Gasteiger partial charge in [0.2, 0.25) is 0 Å². The van der Waals surface area contributed by atoms with Crippen molar-refractivity contribution >= 4 is 22.6 Å². The molecule has 0 aliphatic carbocycles. The Morgan fingerprint density at radius 1 is 1.12 bits per heavy atom. The van der Waals surface area contributed by atoms with Crippen LogP contribution in [0, 0.1) is 17.4 Å². The van der Waals surface area contributed by atoms with Crippen LogP contribution in [0.1, 0.15) is 47.6 Å². The van der Waals surface area contributed by atoms with Crippen molar-refractivity contribution in [1.29, 1.82) is 0 Å². The van der Waals surface area contributed by atoms with E-state index in [1.54, 1.807) is 7.11 Å². The van der Waals surface area contributed by atoms with E-state index >= 15 is 0 Å². The number of benzene rings is 2. The summed E-state index contributed by atoms with van der Waals surface area (Å²) in [5.41, 5.74) is 5.79. The molecule has 0 saturated heterocycles. The van der Waals surface area contributed by atoms with Crippen LogP contribution in [0.5, 0.6) is 11.5 Å². The smallest absolute Gasteiger partial charge is 0.188 e. The van der Waals surface area contributed by atoms with Gasteiger partial charge in [-0.05, 0) is 88.7 Å². The summed E-state index contributed by atoms with van der Waals surface area (Å²) >= 11 is 2.19. The van der Waals surface area contributed by atoms with Crippen LogP contribution in [0.15, 0.2) is 24.3 Å². The van der Waals surface area contributed by atoms with Gasteiger partial charge < -0.3 is 14.6 Å². The summed E-state index contributed by atoms with van der Waals surface area (Å²) in [6.07, 6.45) is 0.841. The average molecular weight is 440 g/mol. The van der Waals surface area contributed by atoms with Crippen molar-refractivity contribution in [2.45, 2.75) is 40.0 Å². The fraction of sp³-hybridized carbons (Fsp3) is 0.400. The van der Waals surface area contributed by atoms with Crippen LogP contribution in [0.2, 0.25) is 0 Å². The van der Waals surface area contributed by atoms with Crippen LogP contribution < -0.4 is 4.74 Å². The number of aromatic hydroxyl groups is 1. The third kappa shape index (κ3) is 4.22. The molecule has 2 aromatic rings. The minimum Gasteiger partial charge on any atom is -0.507 e. The second-order valence-corrected chi connectivity index (χ2v) is 7.53. The minimum atomic E-state index is 0.257. The molecule has 0 atom stereocenters. The van der Waals surface area contributed by atoms with Gasteiger partial charge in [-0.25, -0.2) is 0 Å². The van der Waals surface area contributed by atoms with E-state index in [0.717, 1.165) is 26.9 Å². The van der Waals surface area contributed by atoms with Crippen molar-refractivity contribution in [3.8, 4) is 11.5 Å². The first-order valence-corrected chi connectivity index (χ1v) is 9.15. The highest BCUT2D eigenvalue weighted by atomic mass is 127. The normalized spacial score (nSPS) is 11.1. The van der Waals surface area contributed by atoms with E-state index in [1.807, 2.05) is 13.0 Å². The third-order valence-corrected chi connectivity index (χ3v) is 5.17. The molecule has 3 nitrogen and oxygen atoms in total. The van der Waals surface area contributed by atoms with Gasteiger partial charge in [0.25, 0.3) is 0 Å². The van der Waals surface area contributed by atoms with Crippen LogP contribution in [-0.4, -0.2) is 19.0 Å². The summed E-state index contributed by atoms with van der Waals surface area (Å²) in [5.74, 6) is 1.64. The highest BCUT2D eigenvalue weighted by molar-refractivity contribution is 14.1. The van der Waals surface area contributed by atoms with Crippen LogP contribution >= 0.6 is 22.6 Å². The first-order valence-electron chi connectivity index (χ1n) is 8.07. The lowest BCUT2D eigenvalue weighted by Gasteiger charge is -2.17. The summed E-state index contributed by atoms with van der Waals surface area (Å²) in [4.78, 5) is 0. The number of rotatable bonds is 6. The number of phenols is 1. The molecule has 0 aliphatic rings. The van der Waals surface area contributed by atoms with E-state index in [0.29, 0.717) is 11.7 Å². The second-order valence-electron chi connectivity index (χ2n) is 6.37. The molecule has 2 aromatic carbocycles. The van der Waals surface area contributed by atoms with Crippen molar-refractivity contribution < 1.29 is 14.6 Å². The fourth-order valence-corrected chi connectivity index (χ4v) is 3.52. The fourth-order valence-electron chi connectivity index (χ4n) is 2.74. The molecule has 0 spiro atoms. The molecule has 2 rings (SSSR count). The van der Waals surface area contributed by atoms with E-state index in [-0.39, 0.29) is 6.79 Å². The Morgan fingerprint density at radius 2 is 1.83 bits per heavy atom. The van der Waals surface area contributed by atoms with E-state index in [1.165, 1.54) is 16.7 Å². The Hall–Kier alpha value is -1.27. The molecule has 0 heterocycles. The zero-order valence-corrected chi connectivity index (χ0v) is 17.1. The average Bonchev–Trinajstić information content (AvgIpc) is 2.56. The Kier molecular flexibility index (Phi) is 6.52. The highest BCUT2D eigenvalue weighted by Crippen LogP contribution is 2.32. The number of methoxy groups -OCH3 is 1. The molecule has 0 aromatic heterocycles. The molecule has 130 valence electrons. The van der Waals surface area contributed by atoms with Crippen molar-refractivity contribution in [3.63, 3.8) is 0 Å². The Bertz CT molecular complexity index is 723. The second kappa shape index (κ2) is 8.21. The Balaban J connectivity index is 2.35. The molecular weight excluding hydrogens is 415 g/mol. The molecule has 0 fully saturated rings. The van der Waals surface area contributed by atoms with E-state index in [2.05, 4.69) is 61.6 Å². The summed E-state index contributed by atoms with van der Waals surface area (Å²) in [7, 11) is 1.63. The molecule has 0 amide bonds. The van der Waals surface area contributed by atoms with Crippen LogP contribution in [-0.2, 0) is 11.2 Å². The lowest BCUT2D eigenvalue weighted by Crippen LogP contribution is -2.04. The zero-order chi connectivity index (χ0) is 17.9. The van der Waals surface area contributed by atoms with Gasteiger partial charge in [0.05, 0.1) is 3.57 Å². The number of hydrogen-bond acceptors (Lipinski definition) is 3. The molecule has 1 N–H and O–H groups in total. The predicted molar refractivity (Wildman–Crippen MR) is 106 cm³/mol. The van der Waals surface area contributed by atoms with E-state index in [9.17, 15) is 5.11 Å². The van der Waals surface area contributed by atoms with Gasteiger partial charge in [-0.15, -0.1) is 0 Å². The lowest BCUT2D eigenvalue weighted by molar-refractivity contribution is 0.0502. The van der Waals surface area contributed by atoms with E-state index < -0.39 is 0 Å². The maximum absolute atomic E-state index is 10.1. The van der Waals surface area contributed by atoms with Crippen molar-refractivity contribution in [3.05, 3.63) is 55.7 Å². The van der Waals surface area contributed by atoms with Gasteiger partial charge in [-0.3, -0.25) is 0 Å². The molecular formula is C20H25IO3. The van der Waals surface area contributed by atoms with Gasteiger partial charge >= 0.3 is 0 Å². The molecule has 0 unspecified atom stereocenters. The lowest BCUT2D eigenvalue weighted by atomic mass is 9.93.